The molecule has 0 aliphatic carbocycles. The lowest BCUT2D eigenvalue weighted by Gasteiger charge is -2.16. The molecule has 1 heterocycles. The van der Waals surface area contributed by atoms with Gasteiger partial charge in [-0.15, -0.1) is 0 Å². The van der Waals surface area contributed by atoms with Crippen LogP contribution in [0.4, 0.5) is 5.69 Å². The molecule has 1 aromatic carbocycles. The summed E-state index contributed by atoms with van der Waals surface area (Å²) in [5.74, 6) is 0.641. The summed E-state index contributed by atoms with van der Waals surface area (Å²) in [6.07, 6.45) is 0. The number of benzene rings is 1. The van der Waals surface area contributed by atoms with Crippen LogP contribution in [-0.4, -0.2) is 17.9 Å². The van der Waals surface area contributed by atoms with E-state index in [4.69, 9.17) is 10.2 Å². The van der Waals surface area contributed by atoms with Crippen molar-refractivity contribution in [3.05, 3.63) is 51.9 Å². The van der Waals surface area contributed by atoms with Crippen LogP contribution in [0.25, 0.3) is 0 Å². The third kappa shape index (κ3) is 3.17. The smallest absolute Gasteiger partial charge is 0.254 e. The van der Waals surface area contributed by atoms with Gasteiger partial charge in [-0.05, 0) is 52.7 Å². The molecule has 0 aliphatic rings. The minimum atomic E-state index is -0.0841. The summed E-state index contributed by atoms with van der Waals surface area (Å²) in [5.41, 5.74) is 7.99. The fourth-order valence-corrected chi connectivity index (χ4v) is 2.08. The first-order chi connectivity index (χ1) is 8.97. The van der Waals surface area contributed by atoms with Gasteiger partial charge in [0.1, 0.15) is 5.76 Å². The summed E-state index contributed by atoms with van der Waals surface area (Å²) in [4.78, 5) is 13.8. The second-order valence-electron chi connectivity index (χ2n) is 4.44. The lowest BCUT2D eigenvalue weighted by molar-refractivity contribution is 0.0775. The molecule has 0 radical (unpaired) electrons. The number of aryl methyl sites for hydroxylation is 1. The van der Waals surface area contributed by atoms with Gasteiger partial charge in [-0.3, -0.25) is 4.79 Å². The van der Waals surface area contributed by atoms with E-state index in [0.29, 0.717) is 22.5 Å². The molecular weight excluding hydrogens is 308 g/mol. The summed E-state index contributed by atoms with van der Waals surface area (Å²) in [6, 6.07) is 8.96. The molecule has 2 N–H and O–H groups in total. The standard InChI is InChI=1S/C14H15BrN2O2/c1-9-3-4-10(7-12(9)16)14(18)17(2)8-11-5-6-13(15)19-11/h3-7H,8,16H2,1-2H3. The number of furan rings is 1. The van der Waals surface area contributed by atoms with Crippen molar-refractivity contribution >= 4 is 27.5 Å². The van der Waals surface area contributed by atoms with Crippen LogP contribution in [-0.2, 0) is 6.54 Å². The van der Waals surface area contributed by atoms with Crippen molar-refractivity contribution in [3.8, 4) is 0 Å². The summed E-state index contributed by atoms with van der Waals surface area (Å²) in [6.45, 7) is 2.33. The van der Waals surface area contributed by atoms with Gasteiger partial charge in [-0.1, -0.05) is 6.07 Å². The topological polar surface area (TPSA) is 59.5 Å². The zero-order valence-electron chi connectivity index (χ0n) is 10.8. The molecule has 1 amide bonds. The Morgan fingerprint density at radius 2 is 2.11 bits per heavy atom. The predicted molar refractivity (Wildman–Crippen MR) is 77.8 cm³/mol. The number of carbonyl (C=O) groups is 1. The van der Waals surface area contributed by atoms with Crippen molar-refractivity contribution in [2.75, 3.05) is 12.8 Å². The lowest BCUT2D eigenvalue weighted by Crippen LogP contribution is -2.26. The molecule has 0 saturated carbocycles. The van der Waals surface area contributed by atoms with Crippen LogP contribution in [0.15, 0.2) is 39.4 Å². The molecule has 0 aliphatic heterocycles. The highest BCUT2D eigenvalue weighted by Crippen LogP contribution is 2.18. The van der Waals surface area contributed by atoms with E-state index in [1.807, 2.05) is 19.1 Å². The van der Waals surface area contributed by atoms with Crippen molar-refractivity contribution < 1.29 is 9.21 Å². The van der Waals surface area contributed by atoms with Gasteiger partial charge in [0, 0.05) is 18.3 Å². The zero-order valence-corrected chi connectivity index (χ0v) is 12.4. The van der Waals surface area contributed by atoms with Gasteiger partial charge in [-0.25, -0.2) is 0 Å². The van der Waals surface area contributed by atoms with Crippen LogP contribution in [0.1, 0.15) is 21.7 Å². The molecular formula is C14H15BrN2O2. The molecule has 0 fully saturated rings. The number of carbonyl (C=O) groups excluding carboxylic acids is 1. The van der Waals surface area contributed by atoms with Gasteiger partial charge in [0.15, 0.2) is 4.67 Å². The Morgan fingerprint density at radius 1 is 1.37 bits per heavy atom. The molecule has 1 aromatic heterocycles. The predicted octanol–water partition coefficient (Wildman–Crippen LogP) is 3.20. The molecule has 0 bridgehead atoms. The second-order valence-corrected chi connectivity index (χ2v) is 5.22. The summed E-state index contributed by atoms with van der Waals surface area (Å²) >= 11 is 3.23. The average Bonchev–Trinajstić information content (AvgIpc) is 2.77. The van der Waals surface area contributed by atoms with Gasteiger partial charge >= 0.3 is 0 Å². The normalized spacial score (nSPS) is 10.5. The summed E-state index contributed by atoms with van der Waals surface area (Å²) in [7, 11) is 1.73. The molecule has 4 nitrogen and oxygen atoms in total. The van der Waals surface area contributed by atoms with E-state index >= 15 is 0 Å². The molecule has 2 rings (SSSR count). The van der Waals surface area contributed by atoms with E-state index < -0.39 is 0 Å². The van der Waals surface area contributed by atoms with Crippen LogP contribution in [0, 0.1) is 6.92 Å². The van der Waals surface area contributed by atoms with Gasteiger partial charge in [0.2, 0.25) is 0 Å². The third-order valence-electron chi connectivity index (χ3n) is 2.89. The first kappa shape index (κ1) is 13.7. The maximum Gasteiger partial charge on any atom is 0.254 e. The van der Waals surface area contributed by atoms with Crippen molar-refractivity contribution in [1.29, 1.82) is 0 Å². The van der Waals surface area contributed by atoms with E-state index in [1.54, 1.807) is 30.1 Å². The Labute approximate surface area is 120 Å². The summed E-state index contributed by atoms with van der Waals surface area (Å²) in [5, 5.41) is 0. The fraction of sp³-hybridized carbons (Fsp3) is 0.214. The van der Waals surface area contributed by atoms with Crippen LogP contribution in [0.3, 0.4) is 0 Å². The number of amides is 1. The van der Waals surface area contributed by atoms with E-state index in [2.05, 4.69) is 15.9 Å². The highest BCUT2D eigenvalue weighted by molar-refractivity contribution is 9.10. The minimum absolute atomic E-state index is 0.0841. The van der Waals surface area contributed by atoms with Crippen LogP contribution in [0.2, 0.25) is 0 Å². The van der Waals surface area contributed by atoms with Crippen molar-refractivity contribution in [2.24, 2.45) is 0 Å². The Balaban J connectivity index is 2.12. The van der Waals surface area contributed by atoms with E-state index in [1.165, 1.54) is 0 Å². The Hall–Kier alpha value is -1.75. The molecule has 5 heteroatoms. The Morgan fingerprint density at radius 3 is 2.68 bits per heavy atom. The highest BCUT2D eigenvalue weighted by atomic mass is 79.9. The molecule has 0 spiro atoms. The van der Waals surface area contributed by atoms with E-state index in [9.17, 15) is 4.79 Å². The number of hydrogen-bond donors (Lipinski definition) is 1. The van der Waals surface area contributed by atoms with Crippen molar-refractivity contribution in [2.45, 2.75) is 13.5 Å². The van der Waals surface area contributed by atoms with Gasteiger partial charge in [0.05, 0.1) is 6.54 Å². The number of anilines is 1. The number of nitrogens with two attached hydrogens (primary N) is 1. The maximum atomic E-state index is 12.2. The lowest BCUT2D eigenvalue weighted by atomic mass is 10.1. The zero-order chi connectivity index (χ0) is 14.0. The molecule has 0 saturated heterocycles. The molecule has 0 atom stereocenters. The number of nitrogen functional groups attached to an aromatic ring is 1. The monoisotopic (exact) mass is 322 g/mol. The maximum absolute atomic E-state index is 12.2. The van der Waals surface area contributed by atoms with Crippen LogP contribution < -0.4 is 5.73 Å². The number of nitrogens with zero attached hydrogens (tertiary/aromatic N) is 1. The quantitative estimate of drug-likeness (QED) is 0.883. The third-order valence-corrected chi connectivity index (χ3v) is 3.32. The van der Waals surface area contributed by atoms with Crippen LogP contribution in [0.5, 0.6) is 0 Å². The first-order valence-corrected chi connectivity index (χ1v) is 6.62. The number of hydrogen-bond acceptors (Lipinski definition) is 3. The highest BCUT2D eigenvalue weighted by Gasteiger charge is 2.14. The minimum Gasteiger partial charge on any atom is -0.452 e. The number of rotatable bonds is 3. The van der Waals surface area contributed by atoms with E-state index in [0.717, 1.165) is 11.3 Å². The second kappa shape index (κ2) is 5.48. The van der Waals surface area contributed by atoms with Gasteiger partial charge in [-0.2, -0.15) is 0 Å². The van der Waals surface area contributed by atoms with Crippen molar-refractivity contribution in [3.63, 3.8) is 0 Å². The molecule has 0 unspecified atom stereocenters. The average molecular weight is 323 g/mol. The largest absolute Gasteiger partial charge is 0.452 e. The molecule has 100 valence electrons. The van der Waals surface area contributed by atoms with Crippen LogP contribution >= 0.6 is 15.9 Å². The Bertz CT molecular complexity index is 607. The Kier molecular flexibility index (Phi) is 3.95. The molecule has 19 heavy (non-hydrogen) atoms. The van der Waals surface area contributed by atoms with Gasteiger partial charge in [0.25, 0.3) is 5.91 Å². The van der Waals surface area contributed by atoms with Crippen molar-refractivity contribution in [1.82, 2.24) is 4.90 Å². The first-order valence-electron chi connectivity index (χ1n) is 5.83. The fourth-order valence-electron chi connectivity index (χ4n) is 1.74. The van der Waals surface area contributed by atoms with Gasteiger partial charge < -0.3 is 15.1 Å². The summed E-state index contributed by atoms with van der Waals surface area (Å²) < 4.78 is 6.04. The number of halogens is 1. The SMILES string of the molecule is Cc1ccc(C(=O)N(C)Cc2ccc(Br)o2)cc1N. The molecule has 2 aromatic rings. The van der Waals surface area contributed by atoms with E-state index in [-0.39, 0.29) is 5.91 Å².